The van der Waals surface area contributed by atoms with Crippen LogP contribution in [0.5, 0.6) is 5.75 Å². The summed E-state index contributed by atoms with van der Waals surface area (Å²) >= 11 is 1.36. The molecule has 32 heavy (non-hydrogen) atoms. The number of carbonyl (C=O) groups is 1. The first-order chi connectivity index (χ1) is 15.6. The lowest BCUT2D eigenvalue weighted by molar-refractivity contribution is -0.131. The summed E-state index contributed by atoms with van der Waals surface area (Å²) in [4.78, 5) is 15.0. The Morgan fingerprint density at radius 2 is 1.97 bits per heavy atom. The Kier molecular flexibility index (Phi) is 6.90. The lowest BCUT2D eigenvalue weighted by atomic mass is 10.00. The topological polar surface area (TPSA) is 60.2 Å². The molecule has 1 aliphatic heterocycles. The van der Waals surface area contributed by atoms with E-state index in [4.69, 9.17) is 4.74 Å². The predicted molar refractivity (Wildman–Crippen MR) is 122 cm³/mol. The first-order valence-corrected chi connectivity index (χ1v) is 11.4. The Bertz CT molecular complexity index is 1120. The summed E-state index contributed by atoms with van der Waals surface area (Å²) in [5.74, 6) is 0.340. The fraction of sp³-hybridized carbons (Fsp3) is 0.292. The number of rotatable bonds is 8. The van der Waals surface area contributed by atoms with Crippen LogP contribution in [0, 0.1) is 5.82 Å². The number of halogens is 1. The first-order valence-electron chi connectivity index (χ1n) is 10.5. The summed E-state index contributed by atoms with van der Waals surface area (Å²) in [5.41, 5.74) is 2.51. The van der Waals surface area contributed by atoms with Crippen LogP contribution in [0.3, 0.4) is 0 Å². The van der Waals surface area contributed by atoms with E-state index in [1.807, 2.05) is 28.5 Å². The van der Waals surface area contributed by atoms with Gasteiger partial charge in [0.1, 0.15) is 6.61 Å². The molecule has 0 saturated carbocycles. The van der Waals surface area contributed by atoms with Crippen molar-refractivity contribution in [3.05, 3.63) is 84.0 Å². The zero-order chi connectivity index (χ0) is 22.5. The van der Waals surface area contributed by atoms with Crippen LogP contribution in [0.25, 0.3) is 0 Å². The van der Waals surface area contributed by atoms with E-state index in [-0.39, 0.29) is 23.5 Å². The molecule has 0 N–H and O–H groups in total. The number of thioether (sulfide) groups is 1. The van der Waals surface area contributed by atoms with Crippen LogP contribution in [-0.2, 0) is 30.9 Å². The highest BCUT2D eigenvalue weighted by Gasteiger charge is 2.27. The molecule has 1 amide bonds. The maximum Gasteiger partial charge on any atom is 0.236 e. The number of carbonyl (C=O) groups excluding carboxylic acids is 1. The molecular weight excluding hydrogens is 427 g/mol. The largest absolute Gasteiger partial charge is 0.483 e. The number of benzene rings is 2. The summed E-state index contributed by atoms with van der Waals surface area (Å²) < 4.78 is 21.3. The smallest absolute Gasteiger partial charge is 0.236 e. The second-order valence-corrected chi connectivity index (χ2v) is 8.86. The van der Waals surface area contributed by atoms with Crippen molar-refractivity contribution in [2.45, 2.75) is 43.4 Å². The van der Waals surface area contributed by atoms with Gasteiger partial charge in [-0.3, -0.25) is 9.36 Å². The van der Waals surface area contributed by atoms with Crippen LogP contribution in [-0.4, -0.2) is 37.4 Å². The van der Waals surface area contributed by atoms with Gasteiger partial charge in [-0.1, -0.05) is 54.2 Å². The zero-order valence-corrected chi connectivity index (χ0v) is 18.7. The molecular formula is C24H25FN4O2S. The highest BCUT2D eigenvalue weighted by molar-refractivity contribution is 8.00. The van der Waals surface area contributed by atoms with Crippen molar-refractivity contribution >= 4 is 17.7 Å². The van der Waals surface area contributed by atoms with Crippen LogP contribution in [0.1, 0.15) is 23.9 Å². The molecule has 1 aliphatic rings. The number of para-hydroxylation sites is 1. The first kappa shape index (κ1) is 22.1. The van der Waals surface area contributed by atoms with Crippen LogP contribution < -0.4 is 4.74 Å². The molecule has 1 unspecified atom stereocenters. The third-order valence-corrected chi connectivity index (χ3v) is 6.44. The molecule has 1 atom stereocenters. The summed E-state index contributed by atoms with van der Waals surface area (Å²) in [6.45, 7) is 7.54. The Morgan fingerprint density at radius 3 is 2.75 bits per heavy atom. The van der Waals surface area contributed by atoms with E-state index in [2.05, 4.69) is 28.9 Å². The van der Waals surface area contributed by atoms with Gasteiger partial charge in [-0.25, -0.2) is 4.39 Å². The van der Waals surface area contributed by atoms with Crippen LogP contribution in [0.2, 0.25) is 0 Å². The Labute approximate surface area is 191 Å². The number of ether oxygens (including phenoxy) is 1. The van der Waals surface area contributed by atoms with E-state index in [1.165, 1.54) is 29.0 Å². The third-order valence-electron chi connectivity index (χ3n) is 5.37. The number of fused-ring (bicyclic) bond motifs is 1. The number of hydrogen-bond donors (Lipinski definition) is 0. The average Bonchev–Trinajstić information content (AvgIpc) is 3.19. The van der Waals surface area contributed by atoms with Gasteiger partial charge in [0.25, 0.3) is 0 Å². The van der Waals surface area contributed by atoms with Gasteiger partial charge in [-0.05, 0) is 36.6 Å². The minimum absolute atomic E-state index is 0.0631. The second kappa shape index (κ2) is 9.99. The van der Waals surface area contributed by atoms with E-state index in [1.54, 1.807) is 24.3 Å². The van der Waals surface area contributed by atoms with Gasteiger partial charge in [0.15, 0.2) is 22.5 Å². The normalized spacial score (nSPS) is 14.0. The van der Waals surface area contributed by atoms with Gasteiger partial charge < -0.3 is 9.64 Å². The molecule has 0 fully saturated rings. The molecule has 4 rings (SSSR count). The average molecular weight is 453 g/mol. The van der Waals surface area contributed by atoms with Crippen LogP contribution in [0.4, 0.5) is 4.39 Å². The summed E-state index contributed by atoms with van der Waals surface area (Å²) in [6.07, 6.45) is 2.59. The van der Waals surface area contributed by atoms with Gasteiger partial charge in [0, 0.05) is 19.6 Å². The molecule has 1 aromatic heterocycles. The second-order valence-electron chi connectivity index (χ2n) is 7.56. The van der Waals surface area contributed by atoms with E-state index < -0.39 is 5.82 Å². The van der Waals surface area contributed by atoms with Gasteiger partial charge in [0.2, 0.25) is 5.91 Å². The molecule has 0 aliphatic carbocycles. The molecule has 0 spiro atoms. The van der Waals surface area contributed by atoms with Crippen LogP contribution >= 0.6 is 11.8 Å². The van der Waals surface area contributed by atoms with E-state index >= 15 is 0 Å². The maximum atomic E-state index is 13.8. The number of amides is 1. The van der Waals surface area contributed by atoms with Crippen molar-refractivity contribution < 1.29 is 13.9 Å². The molecule has 166 valence electrons. The fourth-order valence-corrected chi connectivity index (χ4v) is 4.64. The molecule has 3 aromatic rings. The van der Waals surface area contributed by atoms with Gasteiger partial charge in [-0.15, -0.1) is 16.8 Å². The van der Waals surface area contributed by atoms with E-state index in [9.17, 15) is 9.18 Å². The van der Waals surface area contributed by atoms with E-state index in [0.29, 0.717) is 30.6 Å². The standard InChI is InChI=1S/C24H25FN4O2S/c1-3-13-29-22(16-31-21-11-7-6-10-20(21)25)26-27-24(29)32-17(2)23(30)28-14-12-18-8-4-5-9-19(18)15-28/h3-11,17H,1,12-16H2,2H3. The van der Waals surface area contributed by atoms with Crippen molar-refractivity contribution in [2.24, 2.45) is 0 Å². The molecule has 0 saturated heterocycles. The summed E-state index contributed by atoms with van der Waals surface area (Å²) in [6, 6.07) is 14.5. The highest BCUT2D eigenvalue weighted by atomic mass is 32.2. The van der Waals surface area contributed by atoms with Crippen molar-refractivity contribution in [3.63, 3.8) is 0 Å². The number of allylic oxidation sites excluding steroid dienone is 1. The molecule has 2 heterocycles. The highest BCUT2D eigenvalue weighted by Crippen LogP contribution is 2.27. The lowest BCUT2D eigenvalue weighted by Crippen LogP contribution is -2.40. The Hall–Kier alpha value is -3.13. The minimum Gasteiger partial charge on any atom is -0.483 e. The zero-order valence-electron chi connectivity index (χ0n) is 17.9. The monoisotopic (exact) mass is 452 g/mol. The van der Waals surface area contributed by atoms with Crippen molar-refractivity contribution in [1.82, 2.24) is 19.7 Å². The van der Waals surface area contributed by atoms with Gasteiger partial charge >= 0.3 is 0 Å². The molecule has 0 bridgehead atoms. The maximum absolute atomic E-state index is 13.8. The molecule has 8 heteroatoms. The third kappa shape index (κ3) is 4.85. The molecule has 2 aromatic carbocycles. The van der Waals surface area contributed by atoms with Crippen molar-refractivity contribution in [2.75, 3.05) is 6.54 Å². The fourth-order valence-electron chi connectivity index (χ4n) is 3.68. The quantitative estimate of drug-likeness (QED) is 0.378. The van der Waals surface area contributed by atoms with Gasteiger partial charge in [0.05, 0.1) is 5.25 Å². The number of aromatic nitrogens is 3. The molecule has 6 nitrogen and oxygen atoms in total. The van der Waals surface area contributed by atoms with E-state index in [0.717, 1.165) is 6.42 Å². The Morgan fingerprint density at radius 1 is 1.22 bits per heavy atom. The van der Waals surface area contributed by atoms with Crippen molar-refractivity contribution in [1.29, 1.82) is 0 Å². The SMILES string of the molecule is C=CCn1c(COc2ccccc2F)nnc1SC(C)C(=O)N1CCc2ccccc2C1. The van der Waals surface area contributed by atoms with Gasteiger partial charge in [-0.2, -0.15) is 0 Å². The summed E-state index contributed by atoms with van der Waals surface area (Å²) in [7, 11) is 0. The lowest BCUT2D eigenvalue weighted by Gasteiger charge is -2.30. The number of nitrogens with zero attached hydrogens (tertiary/aromatic N) is 4. The molecule has 0 radical (unpaired) electrons. The van der Waals surface area contributed by atoms with Crippen LogP contribution in [0.15, 0.2) is 66.3 Å². The van der Waals surface area contributed by atoms with Crippen molar-refractivity contribution in [3.8, 4) is 5.75 Å². The minimum atomic E-state index is -0.431. The predicted octanol–water partition coefficient (Wildman–Crippen LogP) is 4.25. The Balaban J connectivity index is 1.43. The summed E-state index contributed by atoms with van der Waals surface area (Å²) in [5, 5.41) is 8.74. The number of hydrogen-bond acceptors (Lipinski definition) is 5.